The first kappa shape index (κ1) is 16.0. The minimum absolute atomic E-state index is 0.204. The Morgan fingerprint density at radius 1 is 1.09 bits per heavy atom. The summed E-state index contributed by atoms with van der Waals surface area (Å²) in [5.74, 6) is -1.02. The molecule has 116 valence electrons. The number of hydrogen-bond acceptors (Lipinski definition) is 2. The lowest BCUT2D eigenvalue weighted by molar-refractivity contribution is -0.141. The topological polar surface area (TPSA) is 66.4 Å². The van der Waals surface area contributed by atoms with E-state index in [9.17, 15) is 14.7 Å². The Morgan fingerprint density at radius 3 is 2.41 bits per heavy atom. The molecule has 0 fully saturated rings. The summed E-state index contributed by atoms with van der Waals surface area (Å²) >= 11 is 0. The van der Waals surface area contributed by atoms with E-state index >= 15 is 0 Å². The van der Waals surface area contributed by atoms with Crippen LogP contribution in [0.4, 0.5) is 0 Å². The predicted molar refractivity (Wildman–Crippen MR) is 86.7 cm³/mol. The van der Waals surface area contributed by atoms with E-state index in [0.717, 1.165) is 16.3 Å². The molecular weight excluding hydrogens is 278 g/mol. The van der Waals surface area contributed by atoms with Crippen molar-refractivity contribution in [3.05, 3.63) is 48.0 Å². The van der Waals surface area contributed by atoms with Crippen LogP contribution in [0.5, 0.6) is 0 Å². The Kier molecular flexibility index (Phi) is 5.15. The molecule has 2 N–H and O–H groups in total. The number of fused-ring (bicyclic) bond motifs is 1. The van der Waals surface area contributed by atoms with Gasteiger partial charge in [-0.25, -0.2) is 4.79 Å². The van der Waals surface area contributed by atoms with Gasteiger partial charge in [0.05, 0.1) is 0 Å². The summed E-state index contributed by atoms with van der Waals surface area (Å²) in [7, 11) is 0. The molecule has 0 saturated carbocycles. The fourth-order valence-electron chi connectivity index (χ4n) is 2.43. The second kappa shape index (κ2) is 7.07. The number of benzene rings is 2. The fourth-order valence-corrected chi connectivity index (χ4v) is 2.43. The van der Waals surface area contributed by atoms with Crippen molar-refractivity contribution in [3.63, 3.8) is 0 Å². The second-order valence-electron chi connectivity index (χ2n) is 5.94. The monoisotopic (exact) mass is 299 g/mol. The van der Waals surface area contributed by atoms with Crippen molar-refractivity contribution in [1.82, 2.24) is 5.32 Å². The molecule has 0 aliphatic rings. The lowest BCUT2D eigenvalue weighted by atomic mass is 10.0. The third-order valence-electron chi connectivity index (χ3n) is 3.48. The highest BCUT2D eigenvalue weighted by Gasteiger charge is 2.20. The molecule has 0 bridgehead atoms. The average Bonchev–Trinajstić information content (AvgIpc) is 2.45. The largest absolute Gasteiger partial charge is 0.480 e. The number of nitrogens with one attached hydrogen (secondary N) is 1. The first-order valence-electron chi connectivity index (χ1n) is 7.45. The number of carbonyl (C=O) groups excluding carboxylic acids is 1. The molecule has 4 heteroatoms. The lowest BCUT2D eigenvalue weighted by Gasteiger charge is -2.16. The van der Waals surface area contributed by atoms with E-state index in [0.29, 0.717) is 6.42 Å². The predicted octanol–water partition coefficient (Wildman–Crippen LogP) is 3.00. The van der Waals surface area contributed by atoms with Crippen LogP contribution in [0.25, 0.3) is 10.8 Å². The molecule has 0 saturated heterocycles. The van der Waals surface area contributed by atoms with Gasteiger partial charge in [-0.05, 0) is 22.3 Å². The number of carboxylic acids is 1. The summed E-state index contributed by atoms with van der Waals surface area (Å²) in [6.07, 6.45) is 0.617. The van der Waals surface area contributed by atoms with E-state index in [2.05, 4.69) is 5.32 Å². The Hall–Kier alpha value is -2.36. The van der Waals surface area contributed by atoms with Crippen molar-refractivity contribution in [1.29, 1.82) is 0 Å². The highest BCUT2D eigenvalue weighted by molar-refractivity contribution is 5.85. The summed E-state index contributed by atoms with van der Waals surface area (Å²) in [6, 6.07) is 12.9. The first-order valence-corrected chi connectivity index (χ1v) is 7.45. The molecule has 0 aliphatic heterocycles. The summed E-state index contributed by atoms with van der Waals surface area (Å²) in [6.45, 7) is 3.86. The van der Waals surface area contributed by atoms with Crippen LogP contribution in [0.15, 0.2) is 42.5 Å². The van der Waals surface area contributed by atoms with E-state index in [1.54, 1.807) is 0 Å². The highest BCUT2D eigenvalue weighted by atomic mass is 16.4. The van der Waals surface area contributed by atoms with Gasteiger partial charge in [-0.1, -0.05) is 56.3 Å². The molecule has 2 rings (SSSR count). The van der Waals surface area contributed by atoms with Crippen LogP contribution < -0.4 is 5.32 Å². The number of carboxylic acid groups (broad SMARTS) is 1. The number of carbonyl (C=O) groups is 2. The molecule has 1 amide bonds. The van der Waals surface area contributed by atoms with Crippen LogP contribution in [0.2, 0.25) is 0 Å². The van der Waals surface area contributed by atoms with Crippen LogP contribution in [0.1, 0.15) is 25.8 Å². The smallest absolute Gasteiger partial charge is 0.326 e. The Bertz CT molecular complexity index is 679. The molecule has 2 aromatic rings. The van der Waals surface area contributed by atoms with Crippen molar-refractivity contribution >= 4 is 22.6 Å². The van der Waals surface area contributed by atoms with E-state index < -0.39 is 12.0 Å². The maximum atomic E-state index is 11.8. The molecular formula is C18H21NO3. The first-order chi connectivity index (χ1) is 10.5. The SMILES string of the molecule is CC(C)CC(=O)N[C@H](Cc1ccc2ccccc2c1)C(=O)O. The van der Waals surface area contributed by atoms with E-state index in [1.165, 1.54) is 0 Å². The van der Waals surface area contributed by atoms with Crippen molar-refractivity contribution in [2.75, 3.05) is 0 Å². The quantitative estimate of drug-likeness (QED) is 0.861. The molecule has 2 aromatic carbocycles. The van der Waals surface area contributed by atoms with Gasteiger partial charge in [-0.15, -0.1) is 0 Å². The van der Waals surface area contributed by atoms with Gasteiger partial charge in [0.2, 0.25) is 5.91 Å². The molecule has 0 heterocycles. The lowest BCUT2D eigenvalue weighted by Crippen LogP contribution is -2.42. The van der Waals surface area contributed by atoms with Crippen LogP contribution in [-0.4, -0.2) is 23.0 Å². The van der Waals surface area contributed by atoms with E-state index in [-0.39, 0.29) is 18.2 Å². The maximum Gasteiger partial charge on any atom is 0.326 e. The maximum absolute atomic E-state index is 11.8. The van der Waals surface area contributed by atoms with Crippen molar-refractivity contribution in [2.45, 2.75) is 32.7 Å². The number of amides is 1. The summed E-state index contributed by atoms with van der Waals surface area (Å²) in [4.78, 5) is 23.2. The molecule has 0 aromatic heterocycles. The minimum Gasteiger partial charge on any atom is -0.480 e. The minimum atomic E-state index is -1.01. The van der Waals surface area contributed by atoms with E-state index in [1.807, 2.05) is 56.3 Å². The van der Waals surface area contributed by atoms with Gasteiger partial charge in [0.15, 0.2) is 0 Å². The normalized spacial score (nSPS) is 12.3. The van der Waals surface area contributed by atoms with Crippen molar-refractivity contribution < 1.29 is 14.7 Å². The van der Waals surface area contributed by atoms with Crippen molar-refractivity contribution in [2.24, 2.45) is 5.92 Å². The Morgan fingerprint density at radius 2 is 1.77 bits per heavy atom. The van der Waals surface area contributed by atoms with Gasteiger partial charge in [-0.3, -0.25) is 4.79 Å². The van der Waals surface area contributed by atoms with Gasteiger partial charge in [0.1, 0.15) is 6.04 Å². The third-order valence-corrected chi connectivity index (χ3v) is 3.48. The summed E-state index contributed by atoms with van der Waals surface area (Å²) in [5.41, 5.74) is 0.899. The van der Waals surface area contributed by atoms with Crippen LogP contribution >= 0.6 is 0 Å². The molecule has 0 radical (unpaired) electrons. The van der Waals surface area contributed by atoms with Crippen LogP contribution in [0.3, 0.4) is 0 Å². The van der Waals surface area contributed by atoms with E-state index in [4.69, 9.17) is 0 Å². The molecule has 0 unspecified atom stereocenters. The van der Waals surface area contributed by atoms with Gasteiger partial charge < -0.3 is 10.4 Å². The molecule has 22 heavy (non-hydrogen) atoms. The number of aliphatic carboxylic acids is 1. The molecule has 1 atom stereocenters. The zero-order chi connectivity index (χ0) is 16.1. The molecule has 4 nitrogen and oxygen atoms in total. The average molecular weight is 299 g/mol. The van der Waals surface area contributed by atoms with Gasteiger partial charge in [0, 0.05) is 12.8 Å². The number of hydrogen-bond donors (Lipinski definition) is 2. The highest BCUT2D eigenvalue weighted by Crippen LogP contribution is 2.17. The molecule has 0 aliphatic carbocycles. The van der Waals surface area contributed by atoms with Gasteiger partial charge in [0.25, 0.3) is 0 Å². The third kappa shape index (κ3) is 4.32. The van der Waals surface area contributed by atoms with Crippen molar-refractivity contribution in [3.8, 4) is 0 Å². The van der Waals surface area contributed by atoms with Gasteiger partial charge >= 0.3 is 5.97 Å². The standard InChI is InChI=1S/C18H21NO3/c1-12(2)9-17(20)19-16(18(21)22)11-13-7-8-14-5-3-4-6-15(14)10-13/h3-8,10,12,16H,9,11H2,1-2H3,(H,19,20)(H,21,22)/t16-/m1/s1. The van der Waals surface area contributed by atoms with Crippen LogP contribution in [0, 0.1) is 5.92 Å². The second-order valence-corrected chi connectivity index (χ2v) is 5.94. The Balaban J connectivity index is 2.12. The number of rotatable bonds is 6. The van der Waals surface area contributed by atoms with Gasteiger partial charge in [-0.2, -0.15) is 0 Å². The molecule has 0 spiro atoms. The fraction of sp³-hybridized carbons (Fsp3) is 0.333. The summed E-state index contributed by atoms with van der Waals surface area (Å²) in [5, 5.41) is 14.1. The Labute approximate surface area is 130 Å². The summed E-state index contributed by atoms with van der Waals surface area (Å²) < 4.78 is 0. The van der Waals surface area contributed by atoms with Crippen LogP contribution in [-0.2, 0) is 16.0 Å². The zero-order valence-electron chi connectivity index (χ0n) is 12.9. The zero-order valence-corrected chi connectivity index (χ0v) is 12.9.